The molecular weight excluding hydrogens is 242 g/mol. The quantitative estimate of drug-likeness (QED) is 0.816. The van der Waals surface area contributed by atoms with Gasteiger partial charge in [-0.3, -0.25) is 0 Å². The first kappa shape index (κ1) is 11.5. The predicted molar refractivity (Wildman–Crippen MR) is 62.5 cm³/mol. The van der Waals surface area contributed by atoms with Crippen molar-refractivity contribution in [3.05, 3.63) is 27.7 Å². The average Bonchev–Trinajstić information content (AvgIpc) is 2.18. The van der Waals surface area contributed by atoms with Gasteiger partial charge in [-0.2, -0.15) is 0 Å². The van der Waals surface area contributed by atoms with Crippen molar-refractivity contribution in [2.45, 2.75) is 26.2 Å². The third-order valence-electron chi connectivity index (χ3n) is 2.39. The van der Waals surface area contributed by atoms with Gasteiger partial charge in [0, 0.05) is 4.47 Å². The Kier molecular flexibility index (Phi) is 4.42. The number of phenols is 1. The highest BCUT2D eigenvalue weighted by Crippen LogP contribution is 2.28. The molecule has 0 radical (unpaired) electrons. The highest BCUT2D eigenvalue weighted by atomic mass is 79.9. The number of halogens is 1. The summed E-state index contributed by atoms with van der Waals surface area (Å²) >= 11 is 3.45. The first-order chi connectivity index (χ1) is 6.66. The molecule has 0 aliphatic heterocycles. The molecule has 0 unspecified atom stereocenters. The van der Waals surface area contributed by atoms with Crippen molar-refractivity contribution < 1.29 is 5.11 Å². The molecule has 0 aromatic heterocycles. The Hall–Kier alpha value is -0.540. The summed E-state index contributed by atoms with van der Waals surface area (Å²) in [4.78, 5) is 0. The molecule has 0 amide bonds. The van der Waals surface area contributed by atoms with Crippen molar-refractivity contribution in [3.63, 3.8) is 0 Å². The zero-order chi connectivity index (χ0) is 10.6. The van der Waals surface area contributed by atoms with Gasteiger partial charge in [-0.05, 0) is 56.0 Å². The molecule has 0 heterocycles. The smallest absolute Gasteiger partial charge is 0.119 e. The van der Waals surface area contributed by atoms with Crippen LogP contribution >= 0.6 is 15.9 Å². The molecule has 1 rings (SSSR count). The number of hydrogen-bond acceptors (Lipinski definition) is 2. The lowest BCUT2D eigenvalue weighted by Crippen LogP contribution is -2.00. The Morgan fingerprint density at radius 2 is 2.07 bits per heavy atom. The van der Waals surface area contributed by atoms with Crippen LogP contribution in [0.3, 0.4) is 0 Å². The summed E-state index contributed by atoms with van der Waals surface area (Å²) < 4.78 is 1.05. The van der Waals surface area contributed by atoms with Gasteiger partial charge in [0.05, 0.1) is 0 Å². The zero-order valence-electron chi connectivity index (χ0n) is 8.39. The van der Waals surface area contributed by atoms with Crippen LogP contribution in [0.25, 0.3) is 0 Å². The van der Waals surface area contributed by atoms with Gasteiger partial charge >= 0.3 is 0 Å². The van der Waals surface area contributed by atoms with Crippen molar-refractivity contribution in [1.29, 1.82) is 0 Å². The van der Waals surface area contributed by atoms with Crippen LogP contribution in [-0.4, -0.2) is 11.7 Å². The highest BCUT2D eigenvalue weighted by Gasteiger charge is 2.07. The minimum atomic E-state index is 0.391. The van der Waals surface area contributed by atoms with Crippen LogP contribution in [-0.2, 0) is 6.42 Å². The summed E-state index contributed by atoms with van der Waals surface area (Å²) in [5.41, 5.74) is 7.59. The van der Waals surface area contributed by atoms with Gasteiger partial charge in [-0.25, -0.2) is 0 Å². The molecule has 3 heteroatoms. The topological polar surface area (TPSA) is 46.2 Å². The van der Waals surface area contributed by atoms with E-state index in [1.807, 2.05) is 13.0 Å². The summed E-state index contributed by atoms with van der Waals surface area (Å²) in [5, 5.41) is 9.66. The summed E-state index contributed by atoms with van der Waals surface area (Å²) in [7, 11) is 0. The van der Waals surface area contributed by atoms with Gasteiger partial charge in [0.2, 0.25) is 0 Å². The second-order valence-electron chi connectivity index (χ2n) is 3.42. The number of hydrogen-bond donors (Lipinski definition) is 2. The van der Waals surface area contributed by atoms with E-state index in [0.717, 1.165) is 34.9 Å². The lowest BCUT2D eigenvalue weighted by molar-refractivity contribution is 0.466. The minimum Gasteiger partial charge on any atom is -0.508 e. The molecule has 1 aromatic rings. The third-order valence-corrected chi connectivity index (χ3v) is 3.25. The molecule has 14 heavy (non-hydrogen) atoms. The van der Waals surface area contributed by atoms with E-state index in [2.05, 4.69) is 15.9 Å². The van der Waals surface area contributed by atoms with E-state index in [4.69, 9.17) is 5.73 Å². The van der Waals surface area contributed by atoms with Crippen LogP contribution < -0.4 is 5.73 Å². The van der Waals surface area contributed by atoms with Crippen molar-refractivity contribution in [2.75, 3.05) is 6.54 Å². The largest absolute Gasteiger partial charge is 0.508 e. The van der Waals surface area contributed by atoms with E-state index in [1.54, 1.807) is 6.07 Å². The van der Waals surface area contributed by atoms with Gasteiger partial charge < -0.3 is 10.8 Å². The van der Waals surface area contributed by atoms with E-state index in [9.17, 15) is 5.11 Å². The molecule has 0 saturated carbocycles. The van der Waals surface area contributed by atoms with Crippen LogP contribution in [0.4, 0.5) is 0 Å². The van der Waals surface area contributed by atoms with Crippen LogP contribution in [0.2, 0.25) is 0 Å². The van der Waals surface area contributed by atoms with Gasteiger partial charge in [-0.15, -0.1) is 0 Å². The number of nitrogens with two attached hydrogens (primary N) is 1. The van der Waals surface area contributed by atoms with Gasteiger partial charge in [0.15, 0.2) is 0 Å². The van der Waals surface area contributed by atoms with E-state index < -0.39 is 0 Å². The second kappa shape index (κ2) is 5.37. The van der Waals surface area contributed by atoms with Crippen molar-refractivity contribution in [2.24, 2.45) is 5.73 Å². The summed E-state index contributed by atoms with van der Waals surface area (Å²) in [5.74, 6) is 0.391. The minimum absolute atomic E-state index is 0.391. The number of rotatable bonds is 4. The molecule has 0 fully saturated rings. The third kappa shape index (κ3) is 2.72. The Balaban J connectivity index is 2.79. The molecule has 3 N–H and O–H groups in total. The highest BCUT2D eigenvalue weighted by molar-refractivity contribution is 9.10. The molecule has 1 aromatic carbocycles. The molecule has 0 aliphatic rings. The standard InChI is InChI=1S/C11H16BrNO/c1-8-9(4-2-3-7-13)11(14)6-5-10(8)12/h5-6,14H,2-4,7,13H2,1H3. The molecule has 78 valence electrons. The Labute approximate surface area is 93.3 Å². The average molecular weight is 258 g/mol. The first-order valence-electron chi connectivity index (χ1n) is 4.84. The van der Waals surface area contributed by atoms with E-state index in [-0.39, 0.29) is 0 Å². The normalized spacial score (nSPS) is 10.5. The summed E-state index contributed by atoms with van der Waals surface area (Å²) in [6.07, 6.45) is 2.93. The van der Waals surface area contributed by atoms with E-state index >= 15 is 0 Å². The second-order valence-corrected chi connectivity index (χ2v) is 4.27. The molecule has 0 spiro atoms. The molecule has 0 aliphatic carbocycles. The molecule has 0 atom stereocenters. The van der Waals surface area contributed by atoms with Crippen LogP contribution in [0.5, 0.6) is 5.75 Å². The van der Waals surface area contributed by atoms with Crippen molar-refractivity contribution in [3.8, 4) is 5.75 Å². The number of unbranched alkanes of at least 4 members (excludes halogenated alkanes) is 1. The molecule has 0 saturated heterocycles. The monoisotopic (exact) mass is 257 g/mol. The Morgan fingerprint density at radius 1 is 1.36 bits per heavy atom. The fraction of sp³-hybridized carbons (Fsp3) is 0.455. The number of aromatic hydroxyl groups is 1. The molecule has 2 nitrogen and oxygen atoms in total. The van der Waals surface area contributed by atoms with E-state index in [1.165, 1.54) is 0 Å². The van der Waals surface area contributed by atoms with Crippen LogP contribution in [0.1, 0.15) is 24.0 Å². The SMILES string of the molecule is Cc1c(Br)ccc(O)c1CCCCN. The maximum absolute atomic E-state index is 9.66. The van der Waals surface area contributed by atoms with Crippen LogP contribution in [0, 0.1) is 6.92 Å². The Morgan fingerprint density at radius 3 is 2.71 bits per heavy atom. The zero-order valence-corrected chi connectivity index (χ0v) is 9.97. The fourth-order valence-corrected chi connectivity index (χ4v) is 1.85. The van der Waals surface area contributed by atoms with Crippen molar-refractivity contribution in [1.82, 2.24) is 0 Å². The lowest BCUT2D eigenvalue weighted by Gasteiger charge is -2.09. The Bertz CT molecular complexity index is 312. The first-order valence-corrected chi connectivity index (χ1v) is 5.63. The van der Waals surface area contributed by atoms with Gasteiger partial charge in [-0.1, -0.05) is 15.9 Å². The van der Waals surface area contributed by atoms with Gasteiger partial charge in [0.25, 0.3) is 0 Å². The summed E-state index contributed by atoms with van der Waals surface area (Å²) in [6.45, 7) is 2.73. The van der Waals surface area contributed by atoms with Crippen molar-refractivity contribution >= 4 is 15.9 Å². The number of phenolic OH excluding ortho intramolecular Hbond substituents is 1. The van der Waals surface area contributed by atoms with Crippen LogP contribution in [0.15, 0.2) is 16.6 Å². The predicted octanol–water partition coefficient (Wildman–Crippen LogP) is 2.74. The molecule has 0 bridgehead atoms. The van der Waals surface area contributed by atoms with Gasteiger partial charge in [0.1, 0.15) is 5.75 Å². The maximum Gasteiger partial charge on any atom is 0.119 e. The lowest BCUT2D eigenvalue weighted by atomic mass is 10.0. The maximum atomic E-state index is 9.66. The molecular formula is C11H16BrNO. The fourth-order valence-electron chi connectivity index (χ4n) is 1.48. The van der Waals surface area contributed by atoms with E-state index in [0.29, 0.717) is 12.3 Å². The summed E-state index contributed by atoms with van der Waals surface area (Å²) in [6, 6.07) is 3.60. The number of benzene rings is 1.